The Morgan fingerprint density at radius 2 is 1.95 bits per heavy atom. The molecule has 1 fully saturated rings. The van der Waals surface area contributed by atoms with E-state index in [0.29, 0.717) is 12.2 Å². The van der Waals surface area contributed by atoms with Gasteiger partial charge in [0.2, 0.25) is 0 Å². The van der Waals surface area contributed by atoms with E-state index in [2.05, 4.69) is 17.0 Å². The van der Waals surface area contributed by atoms with E-state index in [1.165, 1.54) is 42.4 Å². The summed E-state index contributed by atoms with van der Waals surface area (Å²) < 4.78 is 1.21. The molecule has 1 aliphatic heterocycles. The van der Waals surface area contributed by atoms with Gasteiger partial charge in [-0.25, -0.2) is 0 Å². The average molecular weight is 273 g/mol. The highest BCUT2D eigenvalue weighted by atomic mass is 32.1. The van der Waals surface area contributed by atoms with Crippen molar-refractivity contribution in [1.82, 2.24) is 4.90 Å². The van der Waals surface area contributed by atoms with E-state index in [1.54, 1.807) is 11.3 Å². The molecule has 0 radical (unpaired) electrons. The van der Waals surface area contributed by atoms with Gasteiger partial charge in [-0.05, 0) is 43.5 Å². The summed E-state index contributed by atoms with van der Waals surface area (Å²) in [5.41, 5.74) is 0. The fourth-order valence-electron chi connectivity index (χ4n) is 2.69. The number of Topliss-reactive ketones (excluding diaryl/α,β-unsaturated/α-hetero) is 1. The molecular weight excluding hydrogens is 254 g/mol. The Morgan fingerprint density at radius 3 is 2.74 bits per heavy atom. The van der Waals surface area contributed by atoms with Gasteiger partial charge in [0.25, 0.3) is 0 Å². The summed E-state index contributed by atoms with van der Waals surface area (Å²) in [5, 5.41) is 1.19. The maximum atomic E-state index is 12.2. The average Bonchev–Trinajstić information content (AvgIpc) is 2.90. The fourth-order valence-corrected chi connectivity index (χ4v) is 3.72. The summed E-state index contributed by atoms with van der Waals surface area (Å²) in [7, 11) is 0. The molecule has 0 unspecified atom stereocenters. The molecule has 0 saturated carbocycles. The molecule has 1 aromatic carbocycles. The number of hydrogen-bond acceptors (Lipinski definition) is 3. The Morgan fingerprint density at radius 1 is 1.16 bits per heavy atom. The van der Waals surface area contributed by atoms with Crippen LogP contribution in [0.3, 0.4) is 0 Å². The monoisotopic (exact) mass is 273 g/mol. The van der Waals surface area contributed by atoms with Crippen molar-refractivity contribution in [3.63, 3.8) is 0 Å². The first-order chi connectivity index (χ1) is 9.33. The lowest BCUT2D eigenvalue weighted by molar-refractivity contribution is 0.0962. The zero-order valence-electron chi connectivity index (χ0n) is 11.1. The molecule has 2 nitrogen and oxygen atoms in total. The second-order valence-electron chi connectivity index (χ2n) is 5.22. The van der Waals surface area contributed by atoms with Crippen LogP contribution < -0.4 is 0 Å². The van der Waals surface area contributed by atoms with Gasteiger partial charge < -0.3 is 4.90 Å². The Balaban J connectivity index is 1.63. The van der Waals surface area contributed by atoms with E-state index in [1.807, 2.05) is 18.2 Å². The van der Waals surface area contributed by atoms with Crippen molar-refractivity contribution in [3.8, 4) is 0 Å². The molecule has 100 valence electrons. The zero-order valence-corrected chi connectivity index (χ0v) is 11.9. The molecule has 0 aliphatic carbocycles. The van der Waals surface area contributed by atoms with Crippen molar-refractivity contribution in [3.05, 3.63) is 35.2 Å². The van der Waals surface area contributed by atoms with E-state index >= 15 is 0 Å². The van der Waals surface area contributed by atoms with Gasteiger partial charge in [0.15, 0.2) is 5.78 Å². The zero-order chi connectivity index (χ0) is 13.1. The molecule has 2 aromatic rings. The number of nitrogens with zero attached hydrogens (tertiary/aromatic N) is 1. The number of ketones is 1. The van der Waals surface area contributed by atoms with Crippen molar-refractivity contribution in [2.24, 2.45) is 0 Å². The molecule has 1 saturated heterocycles. The van der Waals surface area contributed by atoms with Crippen molar-refractivity contribution in [2.75, 3.05) is 19.6 Å². The molecule has 19 heavy (non-hydrogen) atoms. The smallest absolute Gasteiger partial charge is 0.174 e. The van der Waals surface area contributed by atoms with Crippen molar-refractivity contribution < 1.29 is 4.79 Å². The van der Waals surface area contributed by atoms with E-state index < -0.39 is 0 Å². The third-order valence-electron chi connectivity index (χ3n) is 3.80. The van der Waals surface area contributed by atoms with E-state index in [-0.39, 0.29) is 0 Å². The van der Waals surface area contributed by atoms with Gasteiger partial charge in [0, 0.05) is 17.7 Å². The second-order valence-corrected chi connectivity index (χ2v) is 6.31. The molecule has 2 heterocycles. The SMILES string of the molecule is O=C(CCN1CCCCC1)c1cc2ccccc2s1. The highest BCUT2D eigenvalue weighted by molar-refractivity contribution is 7.20. The van der Waals surface area contributed by atoms with Crippen LogP contribution in [-0.2, 0) is 0 Å². The summed E-state index contributed by atoms with van der Waals surface area (Å²) in [6.07, 6.45) is 4.59. The highest BCUT2D eigenvalue weighted by Gasteiger charge is 2.14. The van der Waals surface area contributed by atoms with Gasteiger partial charge in [-0.1, -0.05) is 24.6 Å². The first-order valence-electron chi connectivity index (χ1n) is 7.07. The number of benzene rings is 1. The topological polar surface area (TPSA) is 20.3 Å². The minimum absolute atomic E-state index is 0.298. The normalized spacial score (nSPS) is 16.8. The highest BCUT2D eigenvalue weighted by Crippen LogP contribution is 2.26. The number of likely N-dealkylation sites (tertiary alicyclic amines) is 1. The van der Waals surface area contributed by atoms with Crippen molar-refractivity contribution in [1.29, 1.82) is 0 Å². The molecular formula is C16H19NOS. The number of hydrogen-bond donors (Lipinski definition) is 0. The second kappa shape index (κ2) is 5.85. The van der Waals surface area contributed by atoms with Gasteiger partial charge in [-0.15, -0.1) is 11.3 Å². The molecule has 1 aliphatic rings. The molecule has 0 N–H and O–H groups in total. The molecule has 3 heteroatoms. The van der Waals surface area contributed by atoms with Crippen LogP contribution in [-0.4, -0.2) is 30.3 Å². The van der Waals surface area contributed by atoms with Gasteiger partial charge in [0.05, 0.1) is 4.88 Å². The minimum Gasteiger partial charge on any atom is -0.303 e. The van der Waals surface area contributed by atoms with Crippen LogP contribution in [0.5, 0.6) is 0 Å². The minimum atomic E-state index is 0.298. The molecule has 0 spiro atoms. The predicted octanol–water partition coefficient (Wildman–Crippen LogP) is 3.96. The fraction of sp³-hybridized carbons (Fsp3) is 0.438. The lowest BCUT2D eigenvalue weighted by Crippen LogP contribution is -2.31. The Labute approximate surface area is 118 Å². The number of piperidine rings is 1. The van der Waals surface area contributed by atoms with Crippen molar-refractivity contribution in [2.45, 2.75) is 25.7 Å². The predicted molar refractivity (Wildman–Crippen MR) is 81.1 cm³/mol. The molecule has 0 atom stereocenters. The third kappa shape index (κ3) is 3.04. The maximum Gasteiger partial charge on any atom is 0.174 e. The summed E-state index contributed by atoms with van der Waals surface area (Å²) >= 11 is 1.62. The Hall–Kier alpha value is -1.19. The Kier molecular flexibility index (Phi) is 3.95. The van der Waals surface area contributed by atoms with Crippen LogP contribution in [0.1, 0.15) is 35.4 Å². The quantitative estimate of drug-likeness (QED) is 0.786. The van der Waals surface area contributed by atoms with Crippen LogP contribution >= 0.6 is 11.3 Å². The number of fused-ring (bicyclic) bond motifs is 1. The lowest BCUT2D eigenvalue weighted by Gasteiger charge is -2.25. The standard InChI is InChI=1S/C16H19NOS/c18-14(8-11-17-9-4-1-5-10-17)16-12-13-6-2-3-7-15(13)19-16/h2-3,6-7,12H,1,4-5,8-11H2. The number of rotatable bonds is 4. The number of carbonyl (C=O) groups excluding carboxylic acids is 1. The van der Waals surface area contributed by atoms with Gasteiger partial charge >= 0.3 is 0 Å². The maximum absolute atomic E-state index is 12.2. The number of thiophene rings is 1. The van der Waals surface area contributed by atoms with Gasteiger partial charge in [0.1, 0.15) is 0 Å². The van der Waals surface area contributed by atoms with Gasteiger partial charge in [-0.2, -0.15) is 0 Å². The van der Waals surface area contributed by atoms with E-state index in [9.17, 15) is 4.79 Å². The third-order valence-corrected chi connectivity index (χ3v) is 4.96. The van der Waals surface area contributed by atoms with E-state index in [4.69, 9.17) is 0 Å². The van der Waals surface area contributed by atoms with Crippen molar-refractivity contribution >= 4 is 27.2 Å². The lowest BCUT2D eigenvalue weighted by atomic mass is 10.1. The summed E-state index contributed by atoms with van der Waals surface area (Å²) in [6, 6.07) is 10.3. The molecule has 3 rings (SSSR count). The number of carbonyl (C=O) groups is 1. The van der Waals surface area contributed by atoms with Crippen LogP contribution in [0.25, 0.3) is 10.1 Å². The van der Waals surface area contributed by atoms with Crippen LogP contribution in [0, 0.1) is 0 Å². The first kappa shape index (κ1) is 12.8. The van der Waals surface area contributed by atoms with Crippen LogP contribution in [0.2, 0.25) is 0 Å². The summed E-state index contributed by atoms with van der Waals surface area (Å²) in [6.45, 7) is 3.26. The molecule has 0 amide bonds. The van der Waals surface area contributed by atoms with E-state index in [0.717, 1.165) is 11.4 Å². The van der Waals surface area contributed by atoms with Crippen LogP contribution in [0.15, 0.2) is 30.3 Å². The largest absolute Gasteiger partial charge is 0.303 e. The van der Waals surface area contributed by atoms with Gasteiger partial charge in [-0.3, -0.25) is 4.79 Å². The summed E-state index contributed by atoms with van der Waals surface area (Å²) in [5.74, 6) is 0.298. The van der Waals surface area contributed by atoms with Crippen LogP contribution in [0.4, 0.5) is 0 Å². The Bertz CT molecular complexity index is 536. The first-order valence-corrected chi connectivity index (χ1v) is 7.89. The molecule has 1 aromatic heterocycles. The molecule has 0 bridgehead atoms. The summed E-state index contributed by atoms with van der Waals surface area (Å²) in [4.78, 5) is 15.6.